The quantitative estimate of drug-likeness (QED) is 0.685. The highest BCUT2D eigenvalue weighted by Crippen LogP contribution is 2.23. The zero-order chi connectivity index (χ0) is 18.3. The number of nitrogens with one attached hydrogen (secondary N) is 1. The summed E-state index contributed by atoms with van der Waals surface area (Å²) in [4.78, 5) is 11.1. The Bertz CT molecular complexity index is 846. The van der Waals surface area contributed by atoms with Crippen LogP contribution in [0.1, 0.15) is 24.8 Å². The maximum atomic E-state index is 5.84. The number of aromatic nitrogens is 2. The third-order valence-corrected chi connectivity index (χ3v) is 4.71. The summed E-state index contributed by atoms with van der Waals surface area (Å²) in [5.74, 6) is 2.65. The lowest BCUT2D eigenvalue weighted by molar-refractivity contribution is 0.306. The predicted molar refractivity (Wildman–Crippen MR) is 109 cm³/mol. The average molecular weight is 360 g/mol. The number of nitrogens with zero attached hydrogens (tertiary/aromatic N) is 3. The van der Waals surface area contributed by atoms with Crippen LogP contribution in [0, 0.1) is 0 Å². The smallest absolute Gasteiger partial charge is 0.135 e. The van der Waals surface area contributed by atoms with Crippen LogP contribution in [0.25, 0.3) is 0 Å². The molecule has 27 heavy (non-hydrogen) atoms. The highest BCUT2D eigenvalue weighted by molar-refractivity contribution is 5.60. The van der Waals surface area contributed by atoms with Crippen molar-refractivity contribution in [2.45, 2.75) is 25.9 Å². The molecule has 0 spiro atoms. The largest absolute Gasteiger partial charge is 0.489 e. The summed E-state index contributed by atoms with van der Waals surface area (Å²) in [6.45, 7) is 2.71. The van der Waals surface area contributed by atoms with Gasteiger partial charge >= 0.3 is 0 Å². The monoisotopic (exact) mass is 360 g/mol. The first-order chi connectivity index (χ1) is 13.4. The fraction of sp³-hybridized carbons (Fsp3) is 0.273. The van der Waals surface area contributed by atoms with E-state index < -0.39 is 0 Å². The molecule has 1 fully saturated rings. The molecule has 1 aromatic heterocycles. The molecule has 2 heterocycles. The molecule has 1 saturated heterocycles. The van der Waals surface area contributed by atoms with E-state index in [9.17, 15) is 0 Å². The standard InChI is InChI=1S/C22H24N4O/c1-3-7-18(8-4-1)16-27-20-11-9-19(10-12-20)25-21-15-22(24-17-23-21)26-13-5-2-6-14-26/h1,3-4,7-12,15,17H,2,5-6,13-14,16H2,(H,23,24,25). The van der Waals surface area contributed by atoms with Crippen LogP contribution in [0.4, 0.5) is 17.3 Å². The minimum Gasteiger partial charge on any atom is -0.489 e. The zero-order valence-corrected chi connectivity index (χ0v) is 15.3. The van der Waals surface area contributed by atoms with Crippen molar-refractivity contribution < 1.29 is 4.74 Å². The normalized spacial score (nSPS) is 14.0. The van der Waals surface area contributed by atoms with Gasteiger partial charge in [0.25, 0.3) is 0 Å². The van der Waals surface area contributed by atoms with Gasteiger partial charge < -0.3 is 15.0 Å². The van der Waals surface area contributed by atoms with Gasteiger partial charge in [-0.25, -0.2) is 9.97 Å². The number of piperidine rings is 1. The van der Waals surface area contributed by atoms with Gasteiger partial charge in [0.2, 0.25) is 0 Å². The predicted octanol–water partition coefficient (Wildman–Crippen LogP) is 4.79. The maximum absolute atomic E-state index is 5.84. The second kappa shape index (κ2) is 8.54. The van der Waals surface area contributed by atoms with E-state index >= 15 is 0 Å². The molecule has 1 aliphatic heterocycles. The third kappa shape index (κ3) is 4.76. The van der Waals surface area contributed by atoms with E-state index in [1.807, 2.05) is 48.5 Å². The number of hydrogen-bond donors (Lipinski definition) is 1. The number of rotatable bonds is 6. The second-order valence-corrected chi connectivity index (χ2v) is 6.73. The lowest BCUT2D eigenvalue weighted by Crippen LogP contribution is -2.30. The fourth-order valence-electron chi connectivity index (χ4n) is 3.23. The van der Waals surface area contributed by atoms with Crippen molar-refractivity contribution in [3.05, 3.63) is 72.6 Å². The van der Waals surface area contributed by atoms with Crippen LogP contribution < -0.4 is 15.0 Å². The molecule has 5 heteroatoms. The van der Waals surface area contributed by atoms with Crippen LogP contribution in [0.15, 0.2) is 67.0 Å². The van der Waals surface area contributed by atoms with E-state index in [2.05, 4.69) is 32.3 Å². The van der Waals surface area contributed by atoms with E-state index in [1.54, 1.807) is 6.33 Å². The summed E-state index contributed by atoms with van der Waals surface area (Å²) in [6, 6.07) is 20.1. The summed E-state index contributed by atoms with van der Waals surface area (Å²) in [7, 11) is 0. The minimum absolute atomic E-state index is 0.568. The van der Waals surface area contributed by atoms with Crippen molar-refractivity contribution in [1.29, 1.82) is 0 Å². The first-order valence-corrected chi connectivity index (χ1v) is 9.48. The van der Waals surface area contributed by atoms with Gasteiger partial charge in [0.15, 0.2) is 0 Å². The van der Waals surface area contributed by atoms with E-state index in [0.717, 1.165) is 41.7 Å². The molecule has 5 nitrogen and oxygen atoms in total. The van der Waals surface area contributed by atoms with E-state index in [0.29, 0.717) is 6.61 Å². The molecule has 0 unspecified atom stereocenters. The Hall–Kier alpha value is -3.08. The van der Waals surface area contributed by atoms with Crippen LogP contribution in [-0.4, -0.2) is 23.1 Å². The molecule has 138 valence electrons. The van der Waals surface area contributed by atoms with Gasteiger partial charge in [-0.15, -0.1) is 0 Å². The fourth-order valence-corrected chi connectivity index (χ4v) is 3.23. The first kappa shape index (κ1) is 17.3. The molecule has 4 rings (SSSR count). The molecule has 1 aliphatic rings. The van der Waals surface area contributed by atoms with E-state index in [4.69, 9.17) is 4.74 Å². The van der Waals surface area contributed by atoms with Crippen molar-refractivity contribution in [1.82, 2.24) is 9.97 Å². The summed E-state index contributed by atoms with van der Waals surface area (Å²) in [5.41, 5.74) is 2.14. The van der Waals surface area contributed by atoms with Gasteiger partial charge in [-0.3, -0.25) is 0 Å². The van der Waals surface area contributed by atoms with Gasteiger partial charge in [-0.2, -0.15) is 0 Å². The van der Waals surface area contributed by atoms with Crippen molar-refractivity contribution >= 4 is 17.3 Å². The molecular weight excluding hydrogens is 336 g/mol. The minimum atomic E-state index is 0.568. The molecule has 1 N–H and O–H groups in total. The van der Waals surface area contributed by atoms with Crippen LogP contribution in [-0.2, 0) is 6.61 Å². The number of ether oxygens (including phenoxy) is 1. The lowest BCUT2D eigenvalue weighted by atomic mass is 10.1. The molecule has 0 atom stereocenters. The van der Waals surface area contributed by atoms with Gasteiger partial charge in [0, 0.05) is 24.8 Å². The van der Waals surface area contributed by atoms with Crippen LogP contribution in [0.5, 0.6) is 5.75 Å². The Morgan fingerprint density at radius 2 is 1.67 bits per heavy atom. The SMILES string of the molecule is c1ccc(COc2ccc(Nc3cc(N4CCCCC4)ncn3)cc2)cc1. The molecule has 0 amide bonds. The maximum Gasteiger partial charge on any atom is 0.135 e. The van der Waals surface area contributed by atoms with Crippen molar-refractivity contribution in [2.75, 3.05) is 23.3 Å². The highest BCUT2D eigenvalue weighted by atomic mass is 16.5. The number of anilines is 3. The molecule has 3 aromatic rings. The Kier molecular flexibility index (Phi) is 5.48. The van der Waals surface area contributed by atoms with Crippen LogP contribution in [0.2, 0.25) is 0 Å². The number of hydrogen-bond acceptors (Lipinski definition) is 5. The highest BCUT2D eigenvalue weighted by Gasteiger charge is 2.12. The van der Waals surface area contributed by atoms with Crippen molar-refractivity contribution in [3.8, 4) is 5.75 Å². The van der Waals surface area contributed by atoms with E-state index in [1.165, 1.54) is 19.3 Å². The zero-order valence-electron chi connectivity index (χ0n) is 15.3. The van der Waals surface area contributed by atoms with E-state index in [-0.39, 0.29) is 0 Å². The third-order valence-electron chi connectivity index (χ3n) is 4.71. The molecule has 0 bridgehead atoms. The van der Waals surface area contributed by atoms with Gasteiger partial charge in [0.05, 0.1) is 0 Å². The summed E-state index contributed by atoms with van der Waals surface area (Å²) in [5, 5.41) is 3.35. The second-order valence-electron chi connectivity index (χ2n) is 6.73. The van der Waals surface area contributed by atoms with Gasteiger partial charge in [0.1, 0.15) is 30.3 Å². The lowest BCUT2D eigenvalue weighted by Gasteiger charge is -2.27. The molecular formula is C22H24N4O. The number of benzene rings is 2. The first-order valence-electron chi connectivity index (χ1n) is 9.48. The van der Waals surface area contributed by atoms with Crippen LogP contribution >= 0.6 is 0 Å². The molecule has 2 aromatic carbocycles. The topological polar surface area (TPSA) is 50.3 Å². The molecule has 0 radical (unpaired) electrons. The van der Waals surface area contributed by atoms with Crippen molar-refractivity contribution in [3.63, 3.8) is 0 Å². The summed E-state index contributed by atoms with van der Waals surface area (Å²) < 4.78 is 5.84. The Labute approximate surface area is 160 Å². The van der Waals surface area contributed by atoms with Crippen LogP contribution in [0.3, 0.4) is 0 Å². The Morgan fingerprint density at radius 3 is 2.44 bits per heavy atom. The molecule has 0 aliphatic carbocycles. The summed E-state index contributed by atoms with van der Waals surface area (Å²) >= 11 is 0. The molecule has 0 saturated carbocycles. The summed E-state index contributed by atoms with van der Waals surface area (Å²) in [6.07, 6.45) is 5.41. The Balaban J connectivity index is 1.37. The Morgan fingerprint density at radius 1 is 0.889 bits per heavy atom. The van der Waals surface area contributed by atoms with Gasteiger partial charge in [-0.05, 0) is 49.1 Å². The van der Waals surface area contributed by atoms with Crippen molar-refractivity contribution in [2.24, 2.45) is 0 Å². The average Bonchev–Trinajstić information content (AvgIpc) is 2.75. The van der Waals surface area contributed by atoms with Gasteiger partial charge in [-0.1, -0.05) is 30.3 Å².